The van der Waals surface area contributed by atoms with Crippen LogP contribution in [0.4, 0.5) is 0 Å². The molecule has 0 radical (unpaired) electrons. The van der Waals surface area contributed by atoms with Gasteiger partial charge in [-0.25, -0.2) is 9.61 Å². The molecule has 7 nitrogen and oxygen atoms in total. The Labute approximate surface area is 127 Å². The molecule has 2 aromatic heterocycles. The van der Waals surface area contributed by atoms with Crippen molar-refractivity contribution in [3.05, 3.63) is 41.0 Å². The van der Waals surface area contributed by atoms with Crippen LogP contribution in [0.25, 0.3) is 11.0 Å². The Morgan fingerprint density at radius 1 is 1.32 bits per heavy atom. The molecule has 3 aromatic rings. The lowest BCUT2D eigenvalue weighted by molar-refractivity contribution is -0.120. The van der Waals surface area contributed by atoms with Gasteiger partial charge >= 0.3 is 0 Å². The van der Waals surface area contributed by atoms with Gasteiger partial charge in [0.1, 0.15) is 17.2 Å². The van der Waals surface area contributed by atoms with Gasteiger partial charge in [0, 0.05) is 13.6 Å². The van der Waals surface area contributed by atoms with Crippen LogP contribution in [-0.2, 0) is 24.8 Å². The van der Waals surface area contributed by atoms with Crippen LogP contribution >= 0.6 is 0 Å². The largest absolute Gasteiger partial charge is 0.352 e. The lowest BCUT2D eigenvalue weighted by Gasteiger charge is -2.05. The second-order valence-electron chi connectivity index (χ2n) is 5.29. The molecule has 2 heterocycles. The second kappa shape index (κ2) is 5.59. The van der Waals surface area contributed by atoms with Crippen LogP contribution in [0.15, 0.2) is 22.8 Å². The molecule has 7 heteroatoms. The van der Waals surface area contributed by atoms with Crippen molar-refractivity contribution in [1.29, 1.82) is 0 Å². The molecule has 0 saturated carbocycles. The van der Waals surface area contributed by atoms with E-state index in [0.717, 1.165) is 22.4 Å². The van der Waals surface area contributed by atoms with Gasteiger partial charge in [-0.2, -0.15) is 0 Å². The molecule has 0 fully saturated rings. The van der Waals surface area contributed by atoms with Gasteiger partial charge in [0.15, 0.2) is 0 Å². The third-order valence-electron chi connectivity index (χ3n) is 3.73. The smallest absolute Gasteiger partial charge is 0.226 e. The Kier molecular flexibility index (Phi) is 3.62. The summed E-state index contributed by atoms with van der Waals surface area (Å²) in [7, 11) is 1.99. The summed E-state index contributed by atoms with van der Waals surface area (Å²) >= 11 is 0. The first-order chi connectivity index (χ1) is 10.5. The predicted octanol–water partition coefficient (Wildman–Crippen LogP) is 1.43. The van der Waals surface area contributed by atoms with Crippen molar-refractivity contribution in [3.63, 3.8) is 0 Å². The maximum Gasteiger partial charge on any atom is 0.226 e. The molecule has 0 spiro atoms. The minimum Gasteiger partial charge on any atom is -0.352 e. The van der Waals surface area contributed by atoms with Gasteiger partial charge in [-0.15, -0.1) is 0 Å². The average Bonchev–Trinajstić information content (AvgIpc) is 3.01. The zero-order valence-electron chi connectivity index (χ0n) is 12.8. The fourth-order valence-electron chi connectivity index (χ4n) is 2.30. The Bertz CT molecular complexity index is 834. The average molecular weight is 299 g/mol. The number of aromatic nitrogens is 4. The topological polar surface area (TPSA) is 85.8 Å². The molecule has 0 aliphatic heterocycles. The molecule has 0 aliphatic carbocycles. The molecule has 1 N–H and O–H groups in total. The molecule has 0 aliphatic rings. The SMILES string of the molecule is Cc1nonc1CC(=O)NCc1ccc2c(c1)nc(C)n2C. The van der Waals surface area contributed by atoms with Crippen molar-refractivity contribution in [2.75, 3.05) is 0 Å². The molecule has 0 atom stereocenters. The quantitative estimate of drug-likeness (QED) is 0.787. The van der Waals surface area contributed by atoms with Crippen LogP contribution in [0.2, 0.25) is 0 Å². The first-order valence-electron chi connectivity index (χ1n) is 7.01. The van der Waals surface area contributed by atoms with Crippen LogP contribution in [0.1, 0.15) is 22.8 Å². The molecule has 0 saturated heterocycles. The van der Waals surface area contributed by atoms with Crippen molar-refractivity contribution in [2.45, 2.75) is 26.8 Å². The standard InChI is InChI=1S/C15H17N5O2/c1-9-12(19-22-18-9)7-15(21)16-8-11-4-5-14-13(6-11)17-10(2)20(14)3/h4-6H,7-8H2,1-3H3,(H,16,21). The molecular formula is C15H17N5O2. The first kappa shape index (κ1) is 14.2. The van der Waals surface area contributed by atoms with Crippen molar-refractivity contribution in [2.24, 2.45) is 7.05 Å². The van der Waals surface area contributed by atoms with E-state index in [1.165, 1.54) is 0 Å². The molecule has 0 bridgehead atoms. The Morgan fingerprint density at radius 2 is 2.14 bits per heavy atom. The van der Waals surface area contributed by atoms with Crippen molar-refractivity contribution in [1.82, 2.24) is 25.2 Å². The zero-order valence-corrected chi connectivity index (χ0v) is 12.8. The molecule has 1 aromatic carbocycles. The summed E-state index contributed by atoms with van der Waals surface area (Å²) in [5.41, 5.74) is 4.22. The maximum absolute atomic E-state index is 11.9. The van der Waals surface area contributed by atoms with Gasteiger partial charge in [0.05, 0.1) is 17.5 Å². The van der Waals surface area contributed by atoms with E-state index in [9.17, 15) is 4.79 Å². The third-order valence-corrected chi connectivity index (χ3v) is 3.73. The summed E-state index contributed by atoms with van der Waals surface area (Å²) in [4.78, 5) is 16.4. The fraction of sp³-hybridized carbons (Fsp3) is 0.333. The van der Waals surface area contributed by atoms with Crippen molar-refractivity contribution in [3.8, 4) is 0 Å². The van der Waals surface area contributed by atoms with Crippen molar-refractivity contribution >= 4 is 16.9 Å². The number of hydrogen-bond donors (Lipinski definition) is 1. The van der Waals surface area contributed by atoms with Crippen LogP contribution in [0.3, 0.4) is 0 Å². The predicted molar refractivity (Wildman–Crippen MR) is 80.0 cm³/mol. The Hall–Kier alpha value is -2.70. The highest BCUT2D eigenvalue weighted by Crippen LogP contribution is 2.16. The van der Waals surface area contributed by atoms with E-state index in [1.54, 1.807) is 6.92 Å². The number of benzene rings is 1. The fourth-order valence-corrected chi connectivity index (χ4v) is 2.30. The number of fused-ring (bicyclic) bond motifs is 1. The highest BCUT2D eigenvalue weighted by molar-refractivity contribution is 5.79. The summed E-state index contributed by atoms with van der Waals surface area (Å²) in [5, 5.41) is 10.2. The number of rotatable bonds is 4. The number of carbonyl (C=O) groups excluding carboxylic acids is 1. The first-order valence-corrected chi connectivity index (χ1v) is 7.01. The molecule has 0 unspecified atom stereocenters. The summed E-state index contributed by atoms with van der Waals surface area (Å²) < 4.78 is 6.62. The van der Waals surface area contributed by atoms with Crippen LogP contribution in [-0.4, -0.2) is 25.8 Å². The maximum atomic E-state index is 11.9. The van der Waals surface area contributed by atoms with E-state index in [2.05, 4.69) is 25.2 Å². The number of aryl methyl sites for hydroxylation is 3. The molecule has 22 heavy (non-hydrogen) atoms. The number of hydrogen-bond acceptors (Lipinski definition) is 5. The third kappa shape index (κ3) is 2.69. The summed E-state index contributed by atoms with van der Waals surface area (Å²) in [6.07, 6.45) is 0.167. The van der Waals surface area contributed by atoms with E-state index in [4.69, 9.17) is 0 Å². The minimum atomic E-state index is -0.115. The molecule has 3 rings (SSSR count). The van der Waals surface area contributed by atoms with Gasteiger partial charge in [-0.05, 0) is 31.5 Å². The van der Waals surface area contributed by atoms with Gasteiger partial charge in [0.2, 0.25) is 5.91 Å². The summed E-state index contributed by atoms with van der Waals surface area (Å²) in [6.45, 7) is 4.18. The van der Waals surface area contributed by atoms with Gasteiger partial charge in [-0.3, -0.25) is 4.79 Å². The lowest BCUT2D eigenvalue weighted by Crippen LogP contribution is -2.24. The normalized spacial score (nSPS) is 11.0. The monoisotopic (exact) mass is 299 g/mol. The number of imidazole rings is 1. The van der Waals surface area contributed by atoms with E-state index < -0.39 is 0 Å². The summed E-state index contributed by atoms with van der Waals surface area (Å²) in [5.74, 6) is 0.848. The van der Waals surface area contributed by atoms with Crippen molar-refractivity contribution < 1.29 is 9.42 Å². The Morgan fingerprint density at radius 3 is 2.86 bits per heavy atom. The van der Waals surface area contributed by atoms with Gasteiger partial charge in [0.25, 0.3) is 0 Å². The number of nitrogens with zero attached hydrogens (tertiary/aromatic N) is 4. The van der Waals surface area contributed by atoms with Crippen LogP contribution < -0.4 is 5.32 Å². The molecule has 114 valence electrons. The zero-order chi connectivity index (χ0) is 15.7. The number of nitrogens with one attached hydrogen (secondary N) is 1. The Balaban J connectivity index is 1.66. The second-order valence-corrected chi connectivity index (χ2v) is 5.29. The molecule has 1 amide bonds. The number of amides is 1. The summed E-state index contributed by atoms with van der Waals surface area (Å²) in [6, 6.07) is 6.00. The van der Waals surface area contributed by atoms with E-state index in [1.807, 2.05) is 36.7 Å². The lowest BCUT2D eigenvalue weighted by atomic mass is 10.2. The highest BCUT2D eigenvalue weighted by Gasteiger charge is 2.11. The van der Waals surface area contributed by atoms with Crippen LogP contribution in [0.5, 0.6) is 0 Å². The minimum absolute atomic E-state index is 0.115. The van der Waals surface area contributed by atoms with Crippen LogP contribution in [0, 0.1) is 13.8 Å². The highest BCUT2D eigenvalue weighted by atomic mass is 16.6. The molecular weight excluding hydrogens is 282 g/mol. The van der Waals surface area contributed by atoms with E-state index in [-0.39, 0.29) is 12.3 Å². The van der Waals surface area contributed by atoms with E-state index in [0.29, 0.717) is 17.9 Å². The van der Waals surface area contributed by atoms with Gasteiger partial charge in [-0.1, -0.05) is 16.4 Å². The number of carbonyl (C=O) groups is 1. The van der Waals surface area contributed by atoms with E-state index >= 15 is 0 Å². The van der Waals surface area contributed by atoms with Gasteiger partial charge < -0.3 is 9.88 Å².